The predicted molar refractivity (Wildman–Crippen MR) is 130 cm³/mol. The lowest BCUT2D eigenvalue weighted by atomic mass is 10.2. The highest BCUT2D eigenvalue weighted by Gasteiger charge is 2.07. The topological polar surface area (TPSA) is 173 Å². The molecule has 0 bridgehead atoms. The average Bonchev–Trinajstić information content (AvgIpc) is 2.80. The molecule has 0 aliphatic rings. The third-order valence-electron chi connectivity index (χ3n) is 3.90. The smallest absolute Gasteiger partial charge is 0.158 e. The van der Waals surface area contributed by atoms with Crippen LogP contribution in [0.5, 0.6) is 0 Å². The Bertz CT molecular complexity index is 692. The van der Waals surface area contributed by atoms with E-state index in [0.29, 0.717) is 0 Å². The SMILES string of the molecule is O=C(/C=C/C=C/P(/C=C/C=C/C(=O)CC(O)CO)/C=C/C=C/C(=O)CC(O)CO)CC(O)CO. The van der Waals surface area contributed by atoms with Crippen LogP contribution in [0.4, 0.5) is 0 Å². The van der Waals surface area contributed by atoms with Crippen LogP contribution < -0.4 is 0 Å². The molecule has 0 aliphatic heterocycles. The Morgan fingerprint density at radius 2 is 0.794 bits per heavy atom. The van der Waals surface area contributed by atoms with Crippen molar-refractivity contribution in [2.24, 2.45) is 0 Å². The first-order valence-electron chi connectivity index (χ1n) is 10.5. The minimum atomic E-state index is -1.11. The normalized spacial score (nSPS) is 16.4. The van der Waals surface area contributed by atoms with Crippen LogP contribution in [-0.2, 0) is 14.4 Å². The summed E-state index contributed by atoms with van der Waals surface area (Å²) in [5.41, 5.74) is 0. The van der Waals surface area contributed by atoms with Gasteiger partial charge in [0.2, 0.25) is 0 Å². The molecule has 34 heavy (non-hydrogen) atoms. The van der Waals surface area contributed by atoms with Gasteiger partial charge in [-0.05, 0) is 26.1 Å². The molecule has 3 atom stereocenters. The quantitative estimate of drug-likeness (QED) is 0.0903. The maximum absolute atomic E-state index is 11.6. The molecular weight excluding hydrogens is 463 g/mol. The highest BCUT2D eigenvalue weighted by atomic mass is 31.1. The van der Waals surface area contributed by atoms with E-state index < -0.39 is 46.1 Å². The molecular formula is C24H33O9P. The van der Waals surface area contributed by atoms with E-state index in [1.165, 1.54) is 36.5 Å². The van der Waals surface area contributed by atoms with Gasteiger partial charge in [0.05, 0.1) is 38.1 Å². The van der Waals surface area contributed by atoms with Gasteiger partial charge in [0.25, 0.3) is 0 Å². The Labute approximate surface area is 200 Å². The summed E-state index contributed by atoms with van der Waals surface area (Å²) >= 11 is 0. The van der Waals surface area contributed by atoms with Gasteiger partial charge in [-0.3, -0.25) is 14.4 Å². The van der Waals surface area contributed by atoms with Gasteiger partial charge in [-0.2, -0.15) is 0 Å². The number of aliphatic hydroxyl groups is 6. The van der Waals surface area contributed by atoms with Crippen LogP contribution in [0.3, 0.4) is 0 Å². The van der Waals surface area contributed by atoms with Gasteiger partial charge in [0.1, 0.15) is 0 Å². The third-order valence-corrected chi connectivity index (χ3v) is 5.45. The predicted octanol–water partition coefficient (Wildman–Crippen LogP) is 0.615. The lowest BCUT2D eigenvalue weighted by molar-refractivity contribution is -0.117. The number of carbonyl (C=O) groups is 3. The summed E-state index contributed by atoms with van der Waals surface area (Å²) in [6.07, 6.45) is 9.28. The Hall–Kier alpha value is -2.36. The fourth-order valence-electron chi connectivity index (χ4n) is 2.18. The molecule has 0 aromatic heterocycles. The first-order valence-corrected chi connectivity index (χ1v) is 12.0. The van der Waals surface area contributed by atoms with Crippen molar-refractivity contribution in [3.63, 3.8) is 0 Å². The van der Waals surface area contributed by atoms with Gasteiger partial charge >= 0.3 is 0 Å². The summed E-state index contributed by atoms with van der Waals surface area (Å²) < 4.78 is 0. The van der Waals surface area contributed by atoms with Crippen molar-refractivity contribution in [2.45, 2.75) is 37.6 Å². The molecule has 6 N–H and O–H groups in total. The largest absolute Gasteiger partial charge is 0.394 e. The van der Waals surface area contributed by atoms with E-state index in [9.17, 15) is 29.7 Å². The van der Waals surface area contributed by atoms with Crippen molar-refractivity contribution < 1.29 is 45.0 Å². The van der Waals surface area contributed by atoms with E-state index in [1.54, 1.807) is 35.7 Å². The second-order valence-electron chi connectivity index (χ2n) is 7.07. The zero-order chi connectivity index (χ0) is 25.8. The zero-order valence-corrected chi connectivity index (χ0v) is 19.7. The fourth-order valence-corrected chi connectivity index (χ4v) is 3.37. The summed E-state index contributed by atoms with van der Waals surface area (Å²) in [7, 11) is -1.01. The molecule has 10 heteroatoms. The van der Waals surface area contributed by atoms with Crippen molar-refractivity contribution in [3.8, 4) is 0 Å². The molecule has 0 rings (SSSR count). The minimum Gasteiger partial charge on any atom is -0.394 e. The van der Waals surface area contributed by atoms with Crippen LogP contribution in [0, 0.1) is 0 Å². The van der Waals surface area contributed by atoms with Crippen molar-refractivity contribution >= 4 is 25.3 Å². The molecule has 0 aromatic carbocycles. The second-order valence-corrected chi connectivity index (χ2v) is 8.86. The number of hydrogen-bond acceptors (Lipinski definition) is 9. The molecule has 0 fully saturated rings. The second kappa shape index (κ2) is 20.1. The zero-order valence-electron chi connectivity index (χ0n) is 18.8. The lowest BCUT2D eigenvalue weighted by Gasteiger charge is -2.02. The molecule has 0 heterocycles. The van der Waals surface area contributed by atoms with Crippen LogP contribution in [-0.4, -0.2) is 86.1 Å². The molecule has 188 valence electrons. The standard InChI is InChI=1S/C24H33O9P/c25-16-22(31)13-19(28)7-1-4-10-34(11-5-2-8-20(29)14-23(32)17-26)12-6-3-9-21(30)15-24(33)18-27/h1-12,22-27,31-33H,13-18H2/b7-1+,8-2+,9-3+,10-4+,11-5+,12-6+. The fraction of sp³-hybridized carbons (Fsp3) is 0.375. The summed E-state index contributed by atoms with van der Waals surface area (Å²) in [6.45, 7) is -1.50. The summed E-state index contributed by atoms with van der Waals surface area (Å²) in [5, 5.41) is 54.1. The molecule has 0 saturated heterocycles. The van der Waals surface area contributed by atoms with E-state index in [0.717, 1.165) is 0 Å². The van der Waals surface area contributed by atoms with Gasteiger partial charge in [-0.25, -0.2) is 0 Å². The van der Waals surface area contributed by atoms with Crippen molar-refractivity contribution in [2.75, 3.05) is 19.8 Å². The maximum atomic E-state index is 11.6. The Kier molecular flexibility index (Phi) is 18.7. The molecule has 0 aliphatic carbocycles. The molecule has 0 aromatic rings. The Morgan fingerprint density at radius 3 is 1.03 bits per heavy atom. The van der Waals surface area contributed by atoms with Gasteiger partial charge in [-0.1, -0.05) is 53.9 Å². The van der Waals surface area contributed by atoms with Crippen molar-refractivity contribution in [3.05, 3.63) is 72.1 Å². The third kappa shape index (κ3) is 18.1. The monoisotopic (exact) mass is 496 g/mol. The summed E-state index contributed by atoms with van der Waals surface area (Å²) in [4.78, 5) is 34.9. The lowest BCUT2D eigenvalue weighted by Crippen LogP contribution is -2.15. The van der Waals surface area contributed by atoms with E-state index in [-0.39, 0.29) is 36.6 Å². The van der Waals surface area contributed by atoms with Crippen molar-refractivity contribution in [1.82, 2.24) is 0 Å². The summed E-state index contributed by atoms with van der Waals surface area (Å²) in [6, 6.07) is 0. The maximum Gasteiger partial charge on any atom is 0.158 e. The first-order chi connectivity index (χ1) is 16.2. The van der Waals surface area contributed by atoms with Gasteiger partial charge < -0.3 is 30.6 Å². The van der Waals surface area contributed by atoms with Gasteiger partial charge in [0, 0.05) is 19.3 Å². The molecule has 0 spiro atoms. The summed E-state index contributed by atoms with van der Waals surface area (Å²) in [5.74, 6) is 4.31. The number of hydrogen-bond donors (Lipinski definition) is 6. The van der Waals surface area contributed by atoms with Gasteiger partial charge in [0.15, 0.2) is 17.3 Å². The van der Waals surface area contributed by atoms with Gasteiger partial charge in [-0.15, -0.1) is 0 Å². The Balaban J connectivity index is 5.15. The van der Waals surface area contributed by atoms with E-state index in [2.05, 4.69) is 0 Å². The minimum absolute atomic E-state index is 0.191. The van der Waals surface area contributed by atoms with Crippen LogP contribution in [0.1, 0.15) is 19.3 Å². The highest BCUT2D eigenvalue weighted by molar-refractivity contribution is 7.67. The van der Waals surface area contributed by atoms with Crippen LogP contribution in [0.25, 0.3) is 0 Å². The van der Waals surface area contributed by atoms with Crippen LogP contribution in [0.2, 0.25) is 0 Å². The highest BCUT2D eigenvalue weighted by Crippen LogP contribution is 2.40. The number of aliphatic hydroxyl groups excluding tert-OH is 6. The number of ketones is 3. The van der Waals surface area contributed by atoms with E-state index in [4.69, 9.17) is 15.3 Å². The number of carbonyl (C=O) groups excluding carboxylic acids is 3. The van der Waals surface area contributed by atoms with Crippen molar-refractivity contribution in [1.29, 1.82) is 0 Å². The number of allylic oxidation sites excluding steroid dienone is 9. The molecule has 3 unspecified atom stereocenters. The van der Waals surface area contributed by atoms with Crippen LogP contribution >= 0.6 is 7.92 Å². The molecule has 0 radical (unpaired) electrons. The average molecular weight is 496 g/mol. The molecule has 0 saturated carbocycles. The number of rotatable bonds is 18. The van der Waals surface area contributed by atoms with E-state index in [1.807, 2.05) is 0 Å². The molecule has 9 nitrogen and oxygen atoms in total. The van der Waals surface area contributed by atoms with Crippen LogP contribution in [0.15, 0.2) is 72.1 Å². The van der Waals surface area contributed by atoms with E-state index >= 15 is 0 Å². The molecule has 0 amide bonds. The Morgan fingerprint density at radius 1 is 0.529 bits per heavy atom. The first kappa shape index (κ1) is 31.6.